The summed E-state index contributed by atoms with van der Waals surface area (Å²) in [6.07, 6.45) is 6.40. The van der Waals surface area contributed by atoms with Crippen molar-refractivity contribution in [2.75, 3.05) is 37.6 Å². The molecule has 1 saturated heterocycles. The standard InChI is InChI=1S/C16H21N5O2/c22-15-12-13-2-1-3-14(13)18-21(15)10-7-19-5-8-20(9-6-19)16-17-4-11-23-16/h4,11-12H,1-3,5-10H2. The molecule has 1 aliphatic heterocycles. The zero-order chi connectivity index (χ0) is 15.6. The number of nitrogens with zero attached hydrogens (tertiary/aromatic N) is 5. The molecule has 7 nitrogen and oxygen atoms in total. The number of rotatable bonds is 4. The summed E-state index contributed by atoms with van der Waals surface area (Å²) in [6, 6.07) is 2.47. The maximum atomic E-state index is 12.1. The Morgan fingerprint density at radius 2 is 2.00 bits per heavy atom. The number of anilines is 1. The largest absolute Gasteiger partial charge is 0.432 e. The lowest BCUT2D eigenvalue weighted by Gasteiger charge is -2.33. The van der Waals surface area contributed by atoms with Crippen molar-refractivity contribution in [3.63, 3.8) is 0 Å². The van der Waals surface area contributed by atoms with Crippen molar-refractivity contribution < 1.29 is 4.42 Å². The van der Waals surface area contributed by atoms with Crippen LogP contribution in [0.3, 0.4) is 0 Å². The summed E-state index contributed by atoms with van der Waals surface area (Å²) >= 11 is 0. The summed E-state index contributed by atoms with van der Waals surface area (Å²) in [5, 5.41) is 4.53. The number of hydrogen-bond donors (Lipinski definition) is 0. The summed E-state index contributed by atoms with van der Waals surface area (Å²) in [5.74, 6) is 0. The van der Waals surface area contributed by atoms with Gasteiger partial charge in [-0.1, -0.05) is 0 Å². The van der Waals surface area contributed by atoms with Gasteiger partial charge in [0.25, 0.3) is 11.6 Å². The molecule has 0 radical (unpaired) electrons. The number of piperazine rings is 1. The van der Waals surface area contributed by atoms with Crippen molar-refractivity contribution in [3.8, 4) is 0 Å². The predicted molar refractivity (Wildman–Crippen MR) is 85.7 cm³/mol. The third kappa shape index (κ3) is 3.01. The van der Waals surface area contributed by atoms with Gasteiger partial charge in [-0.2, -0.15) is 5.10 Å². The summed E-state index contributed by atoms with van der Waals surface area (Å²) in [6.45, 7) is 5.19. The maximum absolute atomic E-state index is 12.1. The normalized spacial score (nSPS) is 18.3. The number of fused-ring (bicyclic) bond motifs is 1. The lowest BCUT2D eigenvalue weighted by Crippen LogP contribution is -2.47. The molecule has 4 rings (SSSR count). The third-order valence-corrected chi connectivity index (χ3v) is 4.71. The summed E-state index contributed by atoms with van der Waals surface area (Å²) in [5.41, 5.74) is 2.29. The van der Waals surface area contributed by atoms with Crippen molar-refractivity contribution in [3.05, 3.63) is 40.1 Å². The highest BCUT2D eigenvalue weighted by Gasteiger charge is 2.20. The number of aryl methyl sites for hydroxylation is 2. The van der Waals surface area contributed by atoms with Crippen LogP contribution in [0.5, 0.6) is 0 Å². The van der Waals surface area contributed by atoms with E-state index in [0.29, 0.717) is 12.6 Å². The lowest BCUT2D eigenvalue weighted by molar-refractivity contribution is 0.238. The molecule has 0 aromatic carbocycles. The quantitative estimate of drug-likeness (QED) is 0.820. The van der Waals surface area contributed by atoms with E-state index in [0.717, 1.165) is 63.2 Å². The van der Waals surface area contributed by atoms with Gasteiger partial charge in [0, 0.05) is 38.8 Å². The molecule has 0 N–H and O–H groups in total. The molecule has 0 bridgehead atoms. The van der Waals surface area contributed by atoms with Crippen LogP contribution in [0.1, 0.15) is 17.7 Å². The van der Waals surface area contributed by atoms with Gasteiger partial charge in [0.1, 0.15) is 6.26 Å². The van der Waals surface area contributed by atoms with E-state index in [1.54, 1.807) is 23.2 Å². The highest BCUT2D eigenvalue weighted by Crippen LogP contribution is 2.17. The van der Waals surface area contributed by atoms with Crippen LogP contribution in [0.25, 0.3) is 0 Å². The SMILES string of the molecule is O=c1cc2c(nn1CCN1CCN(c3ncco3)CC1)CCC2. The smallest absolute Gasteiger partial charge is 0.297 e. The Morgan fingerprint density at radius 3 is 2.78 bits per heavy atom. The third-order valence-electron chi connectivity index (χ3n) is 4.71. The van der Waals surface area contributed by atoms with Crippen LogP contribution in [-0.4, -0.2) is 52.4 Å². The van der Waals surface area contributed by atoms with Gasteiger partial charge in [-0.05, 0) is 24.8 Å². The highest BCUT2D eigenvalue weighted by molar-refractivity contribution is 5.25. The minimum absolute atomic E-state index is 0.0315. The second-order valence-corrected chi connectivity index (χ2v) is 6.17. The van der Waals surface area contributed by atoms with E-state index >= 15 is 0 Å². The Balaban J connectivity index is 1.33. The molecule has 23 heavy (non-hydrogen) atoms. The second kappa shape index (κ2) is 6.16. The van der Waals surface area contributed by atoms with Gasteiger partial charge < -0.3 is 9.32 Å². The molecule has 0 spiro atoms. The monoisotopic (exact) mass is 315 g/mol. The molecular formula is C16H21N5O2. The molecule has 0 saturated carbocycles. The van der Waals surface area contributed by atoms with E-state index < -0.39 is 0 Å². The maximum Gasteiger partial charge on any atom is 0.297 e. The van der Waals surface area contributed by atoms with Crippen molar-refractivity contribution in [1.82, 2.24) is 19.7 Å². The average molecular weight is 315 g/mol. The van der Waals surface area contributed by atoms with Crippen LogP contribution in [0.2, 0.25) is 0 Å². The average Bonchev–Trinajstić information content (AvgIpc) is 3.24. The fourth-order valence-corrected chi connectivity index (χ4v) is 3.37. The fraction of sp³-hybridized carbons (Fsp3) is 0.562. The van der Waals surface area contributed by atoms with E-state index in [4.69, 9.17) is 4.42 Å². The van der Waals surface area contributed by atoms with Crippen LogP contribution in [-0.2, 0) is 19.4 Å². The van der Waals surface area contributed by atoms with E-state index in [1.165, 1.54) is 0 Å². The molecule has 1 aliphatic carbocycles. The van der Waals surface area contributed by atoms with Gasteiger partial charge >= 0.3 is 0 Å². The van der Waals surface area contributed by atoms with Gasteiger partial charge in [-0.25, -0.2) is 9.67 Å². The Morgan fingerprint density at radius 1 is 1.13 bits per heavy atom. The van der Waals surface area contributed by atoms with Crippen molar-refractivity contribution in [1.29, 1.82) is 0 Å². The Hall–Kier alpha value is -2.15. The van der Waals surface area contributed by atoms with Gasteiger partial charge in [-0.3, -0.25) is 9.69 Å². The molecule has 2 aliphatic rings. The molecule has 3 heterocycles. The zero-order valence-electron chi connectivity index (χ0n) is 13.1. The summed E-state index contributed by atoms with van der Waals surface area (Å²) < 4.78 is 6.97. The molecule has 0 atom stereocenters. The van der Waals surface area contributed by atoms with Crippen LogP contribution < -0.4 is 10.5 Å². The molecule has 2 aromatic rings. The van der Waals surface area contributed by atoms with E-state index in [2.05, 4.69) is 19.9 Å². The Labute approximate surface area is 134 Å². The fourth-order valence-electron chi connectivity index (χ4n) is 3.37. The van der Waals surface area contributed by atoms with Gasteiger partial charge in [-0.15, -0.1) is 0 Å². The summed E-state index contributed by atoms with van der Waals surface area (Å²) in [4.78, 5) is 20.8. The second-order valence-electron chi connectivity index (χ2n) is 6.17. The van der Waals surface area contributed by atoms with E-state index in [9.17, 15) is 4.79 Å². The van der Waals surface area contributed by atoms with Crippen molar-refractivity contribution in [2.24, 2.45) is 0 Å². The van der Waals surface area contributed by atoms with E-state index in [1.807, 2.05) is 0 Å². The van der Waals surface area contributed by atoms with E-state index in [-0.39, 0.29) is 5.56 Å². The van der Waals surface area contributed by atoms with Crippen LogP contribution in [0.4, 0.5) is 6.01 Å². The molecule has 0 unspecified atom stereocenters. The minimum Gasteiger partial charge on any atom is -0.432 e. The Bertz CT molecular complexity index is 717. The van der Waals surface area contributed by atoms with Crippen molar-refractivity contribution >= 4 is 6.01 Å². The molecular weight excluding hydrogens is 294 g/mol. The first kappa shape index (κ1) is 14.4. The highest BCUT2D eigenvalue weighted by atomic mass is 16.4. The summed E-state index contributed by atoms with van der Waals surface area (Å²) in [7, 11) is 0. The molecule has 2 aromatic heterocycles. The van der Waals surface area contributed by atoms with Gasteiger partial charge in [0.2, 0.25) is 0 Å². The molecule has 7 heteroatoms. The first-order valence-corrected chi connectivity index (χ1v) is 8.26. The number of aromatic nitrogens is 3. The van der Waals surface area contributed by atoms with Crippen LogP contribution in [0, 0.1) is 0 Å². The topological polar surface area (TPSA) is 67.4 Å². The molecule has 122 valence electrons. The van der Waals surface area contributed by atoms with Crippen LogP contribution >= 0.6 is 0 Å². The first-order chi connectivity index (χ1) is 11.3. The zero-order valence-corrected chi connectivity index (χ0v) is 13.1. The Kier molecular flexibility index (Phi) is 3.87. The molecule has 0 amide bonds. The first-order valence-electron chi connectivity index (χ1n) is 8.26. The van der Waals surface area contributed by atoms with Gasteiger partial charge in [0.15, 0.2) is 0 Å². The van der Waals surface area contributed by atoms with Crippen molar-refractivity contribution in [2.45, 2.75) is 25.8 Å². The van der Waals surface area contributed by atoms with Crippen LogP contribution in [0.15, 0.2) is 27.7 Å². The lowest BCUT2D eigenvalue weighted by atomic mass is 10.2. The van der Waals surface area contributed by atoms with Gasteiger partial charge in [0.05, 0.1) is 18.4 Å². The predicted octanol–water partition coefficient (Wildman–Crippen LogP) is 0.542. The molecule has 1 fully saturated rings. The number of hydrogen-bond acceptors (Lipinski definition) is 6. The minimum atomic E-state index is 0.0315. The number of oxazole rings is 1.